The summed E-state index contributed by atoms with van der Waals surface area (Å²) in [5.41, 5.74) is 0. The third kappa shape index (κ3) is 1.69. The molecule has 1 fully saturated rings. The second-order valence-corrected chi connectivity index (χ2v) is 5.23. The number of thioether (sulfide) groups is 1. The smallest absolute Gasteiger partial charge is 0.0163 e. The van der Waals surface area contributed by atoms with Crippen LogP contribution in [0.15, 0.2) is 0 Å². The minimum Gasteiger partial charge on any atom is -0.155 e. The van der Waals surface area contributed by atoms with E-state index in [-0.39, 0.29) is 0 Å². The zero-order valence-electron chi connectivity index (χ0n) is 7.31. The van der Waals surface area contributed by atoms with Crippen LogP contribution in [0.5, 0.6) is 0 Å². The molecule has 0 nitrogen and oxygen atoms in total. The molecule has 0 N–H and O–H groups in total. The summed E-state index contributed by atoms with van der Waals surface area (Å²) in [4.78, 5) is 0. The van der Waals surface area contributed by atoms with Gasteiger partial charge < -0.3 is 0 Å². The first kappa shape index (κ1) is 8.45. The van der Waals surface area contributed by atoms with Gasteiger partial charge in [-0.1, -0.05) is 27.2 Å². The predicted molar refractivity (Wildman–Crippen MR) is 49.6 cm³/mol. The number of rotatable bonds is 4. The van der Waals surface area contributed by atoms with E-state index in [0.717, 1.165) is 5.92 Å². The maximum atomic E-state index is 2.42. The first-order chi connectivity index (χ1) is 4.73. The summed E-state index contributed by atoms with van der Waals surface area (Å²) in [7, 11) is 0. The summed E-state index contributed by atoms with van der Waals surface area (Å²) in [6.45, 7) is 6.97. The first-order valence-electron chi connectivity index (χ1n) is 4.37. The van der Waals surface area contributed by atoms with Crippen LogP contribution in [0.25, 0.3) is 0 Å². The van der Waals surface area contributed by atoms with E-state index in [1.807, 2.05) is 0 Å². The standard InChI is InChI=1S/C9H18S/c1-4-6-8-7-9(8,3)10-5-2/h8H,4-7H2,1-3H3. The molecule has 0 spiro atoms. The molecule has 2 atom stereocenters. The van der Waals surface area contributed by atoms with Gasteiger partial charge >= 0.3 is 0 Å². The van der Waals surface area contributed by atoms with Gasteiger partial charge in [-0.3, -0.25) is 0 Å². The number of hydrogen-bond acceptors (Lipinski definition) is 1. The van der Waals surface area contributed by atoms with E-state index < -0.39 is 0 Å². The molecule has 0 aromatic rings. The molecule has 0 saturated heterocycles. The van der Waals surface area contributed by atoms with Crippen LogP contribution in [-0.4, -0.2) is 10.5 Å². The van der Waals surface area contributed by atoms with Crippen LogP contribution in [0.3, 0.4) is 0 Å². The SMILES string of the molecule is CCCC1CC1(C)SCC. The Kier molecular flexibility index (Phi) is 2.67. The highest BCUT2D eigenvalue weighted by molar-refractivity contribution is 8.00. The third-order valence-electron chi connectivity index (χ3n) is 2.47. The lowest BCUT2D eigenvalue weighted by atomic mass is 10.2. The van der Waals surface area contributed by atoms with E-state index in [2.05, 4.69) is 32.5 Å². The van der Waals surface area contributed by atoms with Gasteiger partial charge in [0, 0.05) is 4.75 Å². The topological polar surface area (TPSA) is 0 Å². The molecule has 0 aromatic heterocycles. The third-order valence-corrected chi connectivity index (χ3v) is 3.91. The minimum absolute atomic E-state index is 0.685. The van der Waals surface area contributed by atoms with Gasteiger partial charge in [-0.15, -0.1) is 0 Å². The van der Waals surface area contributed by atoms with Crippen molar-refractivity contribution in [2.24, 2.45) is 5.92 Å². The summed E-state index contributed by atoms with van der Waals surface area (Å²) in [6.07, 6.45) is 4.29. The Morgan fingerprint density at radius 3 is 2.70 bits per heavy atom. The Morgan fingerprint density at radius 2 is 2.20 bits per heavy atom. The molecule has 0 heterocycles. The zero-order chi connectivity index (χ0) is 7.61. The normalized spacial score (nSPS) is 38.1. The fourth-order valence-corrected chi connectivity index (χ4v) is 3.02. The first-order valence-corrected chi connectivity index (χ1v) is 5.35. The molecular weight excluding hydrogens is 140 g/mol. The summed E-state index contributed by atoms with van der Waals surface area (Å²) in [5, 5.41) is 0. The van der Waals surface area contributed by atoms with Crippen molar-refractivity contribution in [1.82, 2.24) is 0 Å². The average Bonchev–Trinajstić information content (AvgIpc) is 2.44. The summed E-state index contributed by atoms with van der Waals surface area (Å²) in [6, 6.07) is 0. The van der Waals surface area contributed by atoms with Crippen molar-refractivity contribution < 1.29 is 0 Å². The lowest BCUT2D eigenvalue weighted by Crippen LogP contribution is -1.99. The summed E-state index contributed by atoms with van der Waals surface area (Å²) in [5.74, 6) is 2.33. The van der Waals surface area contributed by atoms with Crippen LogP contribution >= 0.6 is 11.8 Å². The van der Waals surface area contributed by atoms with Crippen LogP contribution in [-0.2, 0) is 0 Å². The molecule has 60 valence electrons. The Labute approximate surface area is 68.8 Å². The van der Waals surface area contributed by atoms with Crippen molar-refractivity contribution in [3.8, 4) is 0 Å². The minimum atomic E-state index is 0.685. The van der Waals surface area contributed by atoms with Crippen molar-refractivity contribution in [3.05, 3.63) is 0 Å². The van der Waals surface area contributed by atoms with Crippen molar-refractivity contribution in [2.45, 2.75) is 44.8 Å². The van der Waals surface area contributed by atoms with Crippen LogP contribution < -0.4 is 0 Å². The predicted octanol–water partition coefficient (Wildman–Crippen LogP) is 3.32. The quantitative estimate of drug-likeness (QED) is 0.605. The molecule has 0 aliphatic heterocycles. The highest BCUT2D eigenvalue weighted by Gasteiger charge is 2.48. The Hall–Kier alpha value is 0.350. The van der Waals surface area contributed by atoms with Crippen molar-refractivity contribution >= 4 is 11.8 Å². The van der Waals surface area contributed by atoms with Gasteiger partial charge in [0.15, 0.2) is 0 Å². The molecule has 2 unspecified atom stereocenters. The largest absolute Gasteiger partial charge is 0.155 e. The molecule has 0 bridgehead atoms. The monoisotopic (exact) mass is 158 g/mol. The van der Waals surface area contributed by atoms with Gasteiger partial charge in [0.1, 0.15) is 0 Å². The molecule has 0 radical (unpaired) electrons. The molecular formula is C9H18S. The zero-order valence-corrected chi connectivity index (χ0v) is 8.13. The second-order valence-electron chi connectivity index (χ2n) is 3.44. The summed E-state index contributed by atoms with van der Waals surface area (Å²) < 4.78 is 0.685. The fourth-order valence-electron chi connectivity index (χ4n) is 1.69. The van der Waals surface area contributed by atoms with Gasteiger partial charge in [0.2, 0.25) is 0 Å². The molecule has 0 amide bonds. The van der Waals surface area contributed by atoms with E-state index in [4.69, 9.17) is 0 Å². The maximum absolute atomic E-state index is 2.42. The maximum Gasteiger partial charge on any atom is 0.0163 e. The highest BCUT2D eigenvalue weighted by atomic mass is 32.2. The van der Waals surface area contributed by atoms with Crippen LogP contribution in [0.1, 0.15) is 40.0 Å². The van der Waals surface area contributed by atoms with Crippen molar-refractivity contribution in [1.29, 1.82) is 0 Å². The van der Waals surface area contributed by atoms with Gasteiger partial charge in [0.25, 0.3) is 0 Å². The van der Waals surface area contributed by atoms with Gasteiger partial charge in [-0.25, -0.2) is 0 Å². The highest BCUT2D eigenvalue weighted by Crippen LogP contribution is 2.55. The molecule has 1 saturated carbocycles. The molecule has 0 aromatic carbocycles. The van der Waals surface area contributed by atoms with Crippen LogP contribution in [0, 0.1) is 5.92 Å². The molecule has 1 heteroatoms. The van der Waals surface area contributed by atoms with Crippen molar-refractivity contribution in [3.63, 3.8) is 0 Å². The Bertz CT molecular complexity index is 111. The number of hydrogen-bond donors (Lipinski definition) is 0. The second kappa shape index (κ2) is 3.17. The lowest BCUT2D eigenvalue weighted by molar-refractivity contribution is 0.676. The van der Waals surface area contributed by atoms with Gasteiger partial charge in [0.05, 0.1) is 0 Å². The Balaban J connectivity index is 2.19. The molecule has 1 rings (SSSR count). The molecule has 10 heavy (non-hydrogen) atoms. The summed E-state index contributed by atoms with van der Waals surface area (Å²) >= 11 is 2.15. The van der Waals surface area contributed by atoms with E-state index in [0.29, 0.717) is 4.75 Å². The average molecular weight is 158 g/mol. The fraction of sp³-hybridized carbons (Fsp3) is 1.00. The van der Waals surface area contributed by atoms with E-state index in [1.54, 1.807) is 0 Å². The van der Waals surface area contributed by atoms with Crippen LogP contribution in [0.4, 0.5) is 0 Å². The van der Waals surface area contributed by atoms with E-state index in [9.17, 15) is 0 Å². The van der Waals surface area contributed by atoms with E-state index >= 15 is 0 Å². The lowest BCUT2D eigenvalue weighted by Gasteiger charge is -2.07. The van der Waals surface area contributed by atoms with Gasteiger partial charge in [-0.05, 0) is 24.5 Å². The van der Waals surface area contributed by atoms with Crippen LogP contribution in [0.2, 0.25) is 0 Å². The molecule has 1 aliphatic rings. The van der Waals surface area contributed by atoms with Crippen molar-refractivity contribution in [2.75, 3.05) is 5.75 Å². The van der Waals surface area contributed by atoms with Gasteiger partial charge in [-0.2, -0.15) is 11.8 Å². The molecule has 1 aliphatic carbocycles. The Morgan fingerprint density at radius 1 is 1.50 bits per heavy atom. The van der Waals surface area contributed by atoms with E-state index in [1.165, 1.54) is 25.0 Å².